The molecule has 78 valence electrons. The Morgan fingerprint density at radius 1 is 1.19 bits per heavy atom. The zero-order chi connectivity index (χ0) is 11.4. The highest BCUT2D eigenvalue weighted by atomic mass is 79.9. The summed E-state index contributed by atoms with van der Waals surface area (Å²) >= 11 is 3.35. The molecule has 0 spiro atoms. The fourth-order valence-corrected chi connectivity index (χ4v) is 1.83. The first-order chi connectivity index (χ1) is 7.85. The Kier molecular flexibility index (Phi) is 3.33. The van der Waals surface area contributed by atoms with Crippen molar-refractivity contribution in [2.45, 2.75) is 5.33 Å². The third kappa shape index (κ3) is 2.12. The van der Waals surface area contributed by atoms with Gasteiger partial charge in [0.1, 0.15) is 0 Å². The second kappa shape index (κ2) is 4.91. The maximum Gasteiger partial charge on any atom is 0.0998 e. The van der Waals surface area contributed by atoms with Crippen molar-refractivity contribution in [1.29, 1.82) is 5.26 Å². The fraction of sp³-hybridized carbons (Fsp3) is 0.0769. The van der Waals surface area contributed by atoms with Crippen LogP contribution in [-0.4, -0.2) is 4.98 Å². The predicted octanol–water partition coefficient (Wildman–Crippen LogP) is 3.52. The Morgan fingerprint density at radius 3 is 2.62 bits per heavy atom. The van der Waals surface area contributed by atoms with E-state index in [2.05, 4.69) is 27.0 Å². The normalized spacial score (nSPS) is 9.75. The molecule has 0 bridgehead atoms. The SMILES string of the molecule is N#Cc1ccccc1-c1ccc(CBr)nc1. The highest BCUT2D eigenvalue weighted by Crippen LogP contribution is 2.22. The van der Waals surface area contributed by atoms with E-state index in [1.165, 1.54) is 0 Å². The zero-order valence-corrected chi connectivity index (χ0v) is 10.1. The van der Waals surface area contributed by atoms with E-state index in [9.17, 15) is 0 Å². The molecule has 1 aromatic heterocycles. The summed E-state index contributed by atoms with van der Waals surface area (Å²) in [6, 6.07) is 13.7. The first-order valence-electron chi connectivity index (χ1n) is 4.85. The molecular formula is C13H9BrN2. The molecule has 0 saturated carbocycles. The summed E-state index contributed by atoms with van der Waals surface area (Å²) in [6.45, 7) is 0. The third-order valence-electron chi connectivity index (χ3n) is 2.32. The van der Waals surface area contributed by atoms with Crippen molar-refractivity contribution >= 4 is 15.9 Å². The summed E-state index contributed by atoms with van der Waals surface area (Å²) in [5.41, 5.74) is 3.56. The molecule has 0 saturated heterocycles. The minimum absolute atomic E-state index is 0.677. The summed E-state index contributed by atoms with van der Waals surface area (Å²) in [5.74, 6) is 0. The zero-order valence-electron chi connectivity index (χ0n) is 8.52. The molecule has 1 aromatic carbocycles. The van der Waals surface area contributed by atoms with E-state index >= 15 is 0 Å². The number of pyridine rings is 1. The second-order valence-corrected chi connectivity index (χ2v) is 3.89. The molecule has 0 aliphatic rings. The molecule has 0 atom stereocenters. The molecule has 0 aliphatic heterocycles. The van der Waals surface area contributed by atoms with Crippen LogP contribution in [0, 0.1) is 11.3 Å². The van der Waals surface area contributed by atoms with Crippen molar-refractivity contribution in [3.63, 3.8) is 0 Å². The van der Waals surface area contributed by atoms with Crippen LogP contribution in [0.2, 0.25) is 0 Å². The van der Waals surface area contributed by atoms with Crippen LogP contribution in [0.15, 0.2) is 42.6 Å². The van der Waals surface area contributed by atoms with Crippen molar-refractivity contribution in [2.24, 2.45) is 0 Å². The maximum atomic E-state index is 9.00. The van der Waals surface area contributed by atoms with Crippen LogP contribution in [0.25, 0.3) is 11.1 Å². The van der Waals surface area contributed by atoms with Crippen molar-refractivity contribution in [3.05, 3.63) is 53.9 Å². The smallest absolute Gasteiger partial charge is 0.0998 e. The molecule has 2 nitrogen and oxygen atoms in total. The minimum Gasteiger partial charge on any atom is -0.260 e. The lowest BCUT2D eigenvalue weighted by Gasteiger charge is -2.03. The van der Waals surface area contributed by atoms with Gasteiger partial charge in [-0.05, 0) is 12.1 Å². The van der Waals surface area contributed by atoms with E-state index < -0.39 is 0 Å². The number of hydrogen-bond donors (Lipinski definition) is 0. The lowest BCUT2D eigenvalue weighted by molar-refractivity contribution is 1.19. The first kappa shape index (κ1) is 10.8. The molecule has 2 rings (SSSR count). The number of rotatable bonds is 2. The standard InChI is InChI=1S/C13H9BrN2/c14-7-12-6-5-11(9-16-12)13-4-2-1-3-10(13)8-15/h1-6,9H,7H2. The van der Waals surface area contributed by atoms with E-state index in [1.807, 2.05) is 36.4 Å². The molecule has 0 amide bonds. The van der Waals surface area contributed by atoms with Crippen LogP contribution < -0.4 is 0 Å². The monoisotopic (exact) mass is 272 g/mol. The van der Waals surface area contributed by atoms with Gasteiger partial charge >= 0.3 is 0 Å². The first-order valence-corrected chi connectivity index (χ1v) is 5.97. The van der Waals surface area contributed by atoms with Crippen molar-refractivity contribution in [2.75, 3.05) is 0 Å². The van der Waals surface area contributed by atoms with E-state index in [1.54, 1.807) is 6.20 Å². The Labute approximate surface area is 103 Å². The second-order valence-electron chi connectivity index (χ2n) is 3.33. The molecule has 1 heterocycles. The maximum absolute atomic E-state index is 9.00. The number of aromatic nitrogens is 1. The lowest BCUT2D eigenvalue weighted by atomic mass is 10.0. The summed E-state index contributed by atoms with van der Waals surface area (Å²) in [4.78, 5) is 4.29. The number of alkyl halides is 1. The molecule has 2 aromatic rings. The van der Waals surface area contributed by atoms with Gasteiger partial charge < -0.3 is 0 Å². The average molecular weight is 273 g/mol. The molecule has 0 radical (unpaired) electrons. The van der Waals surface area contributed by atoms with E-state index in [0.29, 0.717) is 5.56 Å². The van der Waals surface area contributed by atoms with Gasteiger partial charge in [0.15, 0.2) is 0 Å². The van der Waals surface area contributed by atoms with Gasteiger partial charge in [0.2, 0.25) is 0 Å². The van der Waals surface area contributed by atoms with Gasteiger partial charge in [-0.25, -0.2) is 0 Å². The van der Waals surface area contributed by atoms with Crippen LogP contribution >= 0.6 is 15.9 Å². The molecule has 0 fully saturated rings. The van der Waals surface area contributed by atoms with Crippen LogP contribution in [0.4, 0.5) is 0 Å². The van der Waals surface area contributed by atoms with Crippen LogP contribution in [0.5, 0.6) is 0 Å². The quantitative estimate of drug-likeness (QED) is 0.785. The van der Waals surface area contributed by atoms with Gasteiger partial charge in [0.05, 0.1) is 17.3 Å². The average Bonchev–Trinajstić information content (AvgIpc) is 2.39. The Bertz CT molecular complexity index is 526. The summed E-state index contributed by atoms with van der Waals surface area (Å²) in [5, 5.41) is 9.75. The number of hydrogen-bond acceptors (Lipinski definition) is 2. The van der Waals surface area contributed by atoms with Crippen molar-refractivity contribution < 1.29 is 0 Å². The number of nitrogens with zero attached hydrogens (tertiary/aromatic N) is 2. The molecular weight excluding hydrogens is 264 g/mol. The third-order valence-corrected chi connectivity index (χ3v) is 2.89. The number of halogens is 1. The van der Waals surface area contributed by atoms with Gasteiger partial charge in [-0.15, -0.1) is 0 Å². The van der Waals surface area contributed by atoms with Gasteiger partial charge in [0, 0.05) is 22.7 Å². The van der Waals surface area contributed by atoms with Gasteiger partial charge in [0.25, 0.3) is 0 Å². The number of benzene rings is 1. The highest BCUT2D eigenvalue weighted by Gasteiger charge is 2.03. The van der Waals surface area contributed by atoms with Crippen LogP contribution in [0.3, 0.4) is 0 Å². The Hall–Kier alpha value is -1.66. The van der Waals surface area contributed by atoms with Crippen LogP contribution in [0.1, 0.15) is 11.3 Å². The van der Waals surface area contributed by atoms with E-state index in [4.69, 9.17) is 5.26 Å². The molecule has 0 aliphatic carbocycles. The molecule has 16 heavy (non-hydrogen) atoms. The minimum atomic E-state index is 0.677. The van der Waals surface area contributed by atoms with Crippen LogP contribution in [-0.2, 0) is 5.33 Å². The fourth-order valence-electron chi connectivity index (χ4n) is 1.50. The summed E-state index contributed by atoms with van der Waals surface area (Å²) < 4.78 is 0. The lowest BCUT2D eigenvalue weighted by Crippen LogP contribution is -1.88. The molecule has 3 heteroatoms. The van der Waals surface area contributed by atoms with E-state index in [-0.39, 0.29) is 0 Å². The Morgan fingerprint density at radius 2 is 2.00 bits per heavy atom. The summed E-state index contributed by atoms with van der Waals surface area (Å²) in [6.07, 6.45) is 1.80. The number of nitriles is 1. The largest absolute Gasteiger partial charge is 0.260 e. The van der Waals surface area contributed by atoms with Gasteiger partial charge in [-0.3, -0.25) is 4.98 Å². The van der Waals surface area contributed by atoms with Crippen molar-refractivity contribution in [1.82, 2.24) is 4.98 Å². The van der Waals surface area contributed by atoms with Gasteiger partial charge in [-0.2, -0.15) is 5.26 Å². The molecule has 0 unspecified atom stereocenters. The van der Waals surface area contributed by atoms with Gasteiger partial charge in [-0.1, -0.05) is 40.2 Å². The van der Waals surface area contributed by atoms with Crippen molar-refractivity contribution in [3.8, 4) is 17.2 Å². The van der Waals surface area contributed by atoms with E-state index in [0.717, 1.165) is 22.2 Å². The Balaban J connectivity index is 2.47. The molecule has 0 N–H and O–H groups in total. The predicted molar refractivity (Wildman–Crippen MR) is 67.0 cm³/mol. The summed E-state index contributed by atoms with van der Waals surface area (Å²) in [7, 11) is 0. The highest BCUT2D eigenvalue weighted by molar-refractivity contribution is 9.08. The topological polar surface area (TPSA) is 36.7 Å².